The van der Waals surface area contributed by atoms with Crippen LogP contribution in [0.2, 0.25) is 0 Å². The largest absolute Gasteiger partial charge is 0.372 e. The molecule has 0 saturated carbocycles. The number of nitrogens with zero attached hydrogens (tertiary/aromatic N) is 1. The van der Waals surface area contributed by atoms with Gasteiger partial charge in [0, 0.05) is 5.75 Å². The summed E-state index contributed by atoms with van der Waals surface area (Å²) in [7, 11) is -4.27. The Hall–Kier alpha value is -0.290. The van der Waals surface area contributed by atoms with Gasteiger partial charge in [0.2, 0.25) is 5.91 Å². The smallest absolute Gasteiger partial charge is 0.320 e. The molecule has 13 heavy (non-hydrogen) atoms. The molecule has 0 radical (unpaired) electrons. The van der Waals surface area contributed by atoms with Crippen molar-refractivity contribution in [2.24, 2.45) is 0 Å². The van der Waals surface area contributed by atoms with E-state index in [1.54, 1.807) is 0 Å². The Morgan fingerprint density at radius 3 is 2.77 bits per heavy atom. The van der Waals surface area contributed by atoms with Gasteiger partial charge in [-0.1, -0.05) is 0 Å². The molecule has 0 spiro atoms. The molecule has 5 nitrogen and oxygen atoms in total. The number of carbonyl (C=O) groups is 1. The Labute approximate surface area is 79.0 Å². The molecule has 7 heteroatoms. The molecule has 0 unspecified atom stereocenters. The summed E-state index contributed by atoms with van der Waals surface area (Å²) in [6.45, 7) is 0. The maximum atomic E-state index is 11.1. The maximum absolute atomic E-state index is 11.1. The molecule has 1 saturated heterocycles. The Balaban J connectivity index is 2.32. The summed E-state index contributed by atoms with van der Waals surface area (Å²) in [5.74, 6) is 0.362. The lowest BCUT2D eigenvalue weighted by atomic mass is 10.2. The van der Waals surface area contributed by atoms with Gasteiger partial charge in [0.05, 0.1) is 11.8 Å². The molecule has 2 N–H and O–H groups in total. The predicted molar refractivity (Wildman–Crippen MR) is 47.8 cm³/mol. The average molecular weight is 221 g/mol. The predicted octanol–water partition coefficient (Wildman–Crippen LogP) is 0.311. The summed E-state index contributed by atoms with van der Waals surface area (Å²) in [4.78, 5) is 30.1. The molecule has 0 aromatic carbocycles. The Morgan fingerprint density at radius 2 is 2.31 bits per heavy atom. The minimum atomic E-state index is -4.27. The van der Waals surface area contributed by atoms with Gasteiger partial charge < -0.3 is 9.79 Å². The van der Waals surface area contributed by atoms with Crippen LogP contribution in [0.25, 0.3) is 0 Å². The Morgan fingerprint density at radius 1 is 1.62 bits per heavy atom. The van der Waals surface area contributed by atoms with Gasteiger partial charge >= 0.3 is 7.60 Å². The first kappa shape index (κ1) is 9.27. The van der Waals surface area contributed by atoms with Crippen LogP contribution in [0.4, 0.5) is 0 Å². The highest BCUT2D eigenvalue weighted by Gasteiger charge is 2.45. The zero-order chi connectivity index (χ0) is 9.64. The molecule has 1 amide bonds. The van der Waals surface area contributed by atoms with Crippen LogP contribution in [0.3, 0.4) is 0 Å². The standard InChI is InChI=1S/C6H8NO4PS/c8-4-3-6-7(4)5(1-2-13-6)12(9,10)11/h1,6H,2-3H2,(H2,9,10,11)/t6-/m1/s1. The molecule has 2 rings (SSSR count). The molecule has 0 aromatic rings. The fourth-order valence-electron chi connectivity index (χ4n) is 1.39. The van der Waals surface area contributed by atoms with Crippen LogP contribution >= 0.6 is 19.4 Å². The molecular formula is C6H8NO4PS. The second-order valence-corrected chi connectivity index (χ2v) is 5.62. The van der Waals surface area contributed by atoms with E-state index in [1.165, 1.54) is 22.7 Å². The molecule has 2 aliphatic heterocycles. The van der Waals surface area contributed by atoms with Gasteiger partial charge in [-0.3, -0.25) is 14.3 Å². The normalized spacial score (nSPS) is 27.8. The molecule has 0 aliphatic carbocycles. The fourth-order valence-corrected chi connectivity index (χ4v) is 3.57. The van der Waals surface area contributed by atoms with Crippen LogP contribution in [-0.2, 0) is 9.36 Å². The monoisotopic (exact) mass is 221 g/mol. The molecule has 0 bridgehead atoms. The topological polar surface area (TPSA) is 77.8 Å². The van der Waals surface area contributed by atoms with Crippen molar-refractivity contribution < 1.29 is 19.1 Å². The van der Waals surface area contributed by atoms with Gasteiger partial charge in [0.25, 0.3) is 0 Å². The number of hydrogen-bond donors (Lipinski definition) is 2. The zero-order valence-electron chi connectivity index (χ0n) is 6.58. The molecule has 72 valence electrons. The highest BCUT2D eigenvalue weighted by Crippen LogP contribution is 2.53. The van der Waals surface area contributed by atoms with Crippen molar-refractivity contribution in [1.29, 1.82) is 0 Å². The lowest BCUT2D eigenvalue weighted by Gasteiger charge is -2.43. The Bertz CT molecular complexity index is 336. The van der Waals surface area contributed by atoms with E-state index in [-0.39, 0.29) is 16.7 Å². The van der Waals surface area contributed by atoms with Gasteiger partial charge in [-0.05, 0) is 6.08 Å². The van der Waals surface area contributed by atoms with E-state index in [2.05, 4.69) is 0 Å². The van der Waals surface area contributed by atoms with E-state index in [4.69, 9.17) is 9.79 Å². The van der Waals surface area contributed by atoms with Gasteiger partial charge in [-0.15, -0.1) is 11.8 Å². The van der Waals surface area contributed by atoms with Crippen LogP contribution < -0.4 is 0 Å². The van der Waals surface area contributed by atoms with Crippen molar-refractivity contribution in [3.8, 4) is 0 Å². The van der Waals surface area contributed by atoms with Crippen LogP contribution in [0, 0.1) is 0 Å². The third-order valence-corrected chi connectivity index (χ3v) is 4.12. The summed E-state index contributed by atoms with van der Waals surface area (Å²) in [5, 5.41) is -0.0554. The molecule has 2 aliphatic rings. The molecule has 0 aromatic heterocycles. The SMILES string of the molecule is O=C1C[C@H]2SCC=C(P(=O)(O)O)N12. The highest BCUT2D eigenvalue weighted by atomic mass is 32.2. The number of hydrogen-bond acceptors (Lipinski definition) is 3. The number of carbonyl (C=O) groups excluding carboxylic acids is 1. The van der Waals surface area contributed by atoms with Crippen LogP contribution in [0.5, 0.6) is 0 Å². The number of amides is 1. The van der Waals surface area contributed by atoms with Gasteiger partial charge in [-0.25, -0.2) is 0 Å². The van der Waals surface area contributed by atoms with Gasteiger partial charge in [-0.2, -0.15) is 0 Å². The van der Waals surface area contributed by atoms with Crippen molar-refractivity contribution in [3.05, 3.63) is 11.5 Å². The van der Waals surface area contributed by atoms with Crippen molar-refractivity contribution in [1.82, 2.24) is 4.90 Å². The third kappa shape index (κ3) is 1.44. The van der Waals surface area contributed by atoms with Crippen LogP contribution in [0.1, 0.15) is 6.42 Å². The van der Waals surface area contributed by atoms with Crippen molar-refractivity contribution in [2.75, 3.05) is 5.75 Å². The summed E-state index contributed by atoms with van der Waals surface area (Å²) >= 11 is 1.52. The lowest BCUT2D eigenvalue weighted by Crippen LogP contribution is -2.51. The van der Waals surface area contributed by atoms with E-state index in [1.807, 2.05) is 0 Å². The van der Waals surface area contributed by atoms with Crippen molar-refractivity contribution >= 4 is 25.3 Å². The summed E-state index contributed by atoms with van der Waals surface area (Å²) in [6, 6.07) is 0. The fraction of sp³-hybridized carbons (Fsp3) is 0.500. The summed E-state index contributed by atoms with van der Waals surface area (Å²) in [5.41, 5.74) is -0.118. The molecule has 2 heterocycles. The minimum Gasteiger partial charge on any atom is -0.320 e. The highest BCUT2D eigenvalue weighted by molar-refractivity contribution is 8.00. The quantitative estimate of drug-likeness (QED) is 0.492. The third-order valence-electron chi connectivity index (χ3n) is 2.01. The maximum Gasteiger partial charge on any atom is 0.372 e. The van der Waals surface area contributed by atoms with E-state index < -0.39 is 7.60 Å². The van der Waals surface area contributed by atoms with E-state index in [0.29, 0.717) is 12.2 Å². The van der Waals surface area contributed by atoms with E-state index in [0.717, 1.165) is 0 Å². The van der Waals surface area contributed by atoms with Crippen LogP contribution in [0.15, 0.2) is 11.5 Å². The number of fused-ring (bicyclic) bond motifs is 1. The lowest BCUT2D eigenvalue weighted by molar-refractivity contribution is -0.138. The van der Waals surface area contributed by atoms with Crippen molar-refractivity contribution in [3.63, 3.8) is 0 Å². The first-order chi connectivity index (χ1) is 6.00. The van der Waals surface area contributed by atoms with Crippen molar-refractivity contribution in [2.45, 2.75) is 11.8 Å². The van der Waals surface area contributed by atoms with Gasteiger partial charge in [0.1, 0.15) is 5.44 Å². The number of rotatable bonds is 1. The summed E-state index contributed by atoms with van der Waals surface area (Å²) < 4.78 is 10.9. The molecular weight excluding hydrogens is 213 g/mol. The Kier molecular flexibility index (Phi) is 2.03. The van der Waals surface area contributed by atoms with Crippen LogP contribution in [-0.4, -0.2) is 31.7 Å². The second kappa shape index (κ2) is 2.85. The second-order valence-electron chi connectivity index (χ2n) is 2.86. The first-order valence-corrected chi connectivity index (χ1v) is 6.36. The molecule has 1 atom stereocenters. The molecule has 1 fully saturated rings. The number of thioether (sulfide) groups is 1. The zero-order valence-corrected chi connectivity index (χ0v) is 8.29. The minimum absolute atomic E-state index is 0.0554. The first-order valence-electron chi connectivity index (χ1n) is 3.70. The van der Waals surface area contributed by atoms with Gasteiger partial charge in [0.15, 0.2) is 0 Å². The average Bonchev–Trinajstić information content (AvgIpc) is 2.00. The van der Waals surface area contributed by atoms with E-state index >= 15 is 0 Å². The summed E-state index contributed by atoms with van der Waals surface area (Å²) in [6.07, 6.45) is 1.82. The number of β-lactam (4-membered cyclic amide) rings is 1. The van der Waals surface area contributed by atoms with E-state index in [9.17, 15) is 9.36 Å².